The molecule has 0 aliphatic carbocycles. The molecule has 0 spiro atoms. The number of carbonyl (C=O) groups excluding carboxylic acids is 1. The van der Waals surface area contributed by atoms with E-state index in [0.29, 0.717) is 0 Å². The highest BCUT2D eigenvalue weighted by Gasteiger charge is 2.17. The third-order valence-electron chi connectivity index (χ3n) is 0.890. The zero-order valence-electron chi connectivity index (χ0n) is 5.18. The van der Waals surface area contributed by atoms with Gasteiger partial charge in [-0.05, 0) is 9.91 Å². The van der Waals surface area contributed by atoms with Gasteiger partial charge < -0.3 is 15.8 Å². The number of amides is 1. The van der Waals surface area contributed by atoms with Crippen molar-refractivity contribution in [3.8, 4) is 0 Å². The van der Waals surface area contributed by atoms with Gasteiger partial charge in [-0.25, -0.2) is 0 Å². The second-order valence-corrected chi connectivity index (χ2v) is 2.49. The van der Waals surface area contributed by atoms with Gasteiger partial charge in [0.15, 0.2) is 0 Å². The van der Waals surface area contributed by atoms with Gasteiger partial charge in [-0.15, -0.1) is 0 Å². The first-order valence-electron chi connectivity index (χ1n) is 2.51. The monoisotopic (exact) mass is 173 g/mol. The van der Waals surface area contributed by atoms with Gasteiger partial charge in [0.1, 0.15) is 0 Å². The lowest BCUT2D eigenvalue weighted by Gasteiger charge is -1.82. The second-order valence-electron chi connectivity index (χ2n) is 1.63. The molecule has 1 aromatic heterocycles. The average molecular weight is 173 g/mol. The van der Waals surface area contributed by atoms with Crippen LogP contribution in [0.25, 0.3) is 0 Å². The Balaban J connectivity index is 2.99. The number of hydrogen-bond donors (Lipinski definition) is 1. The Labute approximate surface area is 64.8 Å². The fourth-order valence-corrected chi connectivity index (χ4v) is 1.08. The summed E-state index contributed by atoms with van der Waals surface area (Å²) in [6.45, 7) is 0. The van der Waals surface area contributed by atoms with Crippen molar-refractivity contribution in [2.45, 2.75) is 0 Å². The summed E-state index contributed by atoms with van der Waals surface area (Å²) in [7, 11) is 0. The molecule has 1 rings (SSSR count). The summed E-state index contributed by atoms with van der Waals surface area (Å²) in [4.78, 5) is 23.1. The van der Waals surface area contributed by atoms with Gasteiger partial charge in [0, 0.05) is 0 Å². The van der Waals surface area contributed by atoms with Crippen LogP contribution in [0, 0.1) is 10.1 Å². The number of carbonyl (C=O) groups is 1. The maximum Gasteiger partial charge on any atom is 0.375 e. The molecule has 0 aliphatic heterocycles. The molecule has 0 unspecified atom stereocenters. The van der Waals surface area contributed by atoms with Gasteiger partial charge in [0.25, 0.3) is 5.01 Å². The molecule has 0 saturated heterocycles. The molecule has 0 radical (unpaired) electrons. The molecule has 1 amide bonds. The van der Waals surface area contributed by atoms with Gasteiger partial charge in [-0.2, -0.15) is 0 Å². The Morgan fingerprint density at radius 1 is 1.82 bits per heavy atom. The molecular formula is C4H3N3O3S. The minimum absolute atomic E-state index is 0.0447. The van der Waals surface area contributed by atoms with Crippen molar-refractivity contribution in [2.75, 3.05) is 0 Å². The van der Waals surface area contributed by atoms with E-state index in [-0.39, 0.29) is 10.8 Å². The Kier molecular flexibility index (Phi) is 1.81. The van der Waals surface area contributed by atoms with Crippen molar-refractivity contribution in [1.82, 2.24) is 4.98 Å². The number of hydrogen-bond acceptors (Lipinski definition) is 5. The van der Waals surface area contributed by atoms with Crippen molar-refractivity contribution in [3.05, 3.63) is 20.5 Å². The Morgan fingerprint density at radius 2 is 2.45 bits per heavy atom. The molecule has 0 aromatic carbocycles. The van der Waals surface area contributed by atoms with Crippen molar-refractivity contribution in [2.24, 2.45) is 5.73 Å². The van der Waals surface area contributed by atoms with Crippen LogP contribution in [-0.2, 0) is 0 Å². The van der Waals surface area contributed by atoms with Crippen molar-refractivity contribution < 1.29 is 9.72 Å². The summed E-state index contributed by atoms with van der Waals surface area (Å²) in [5.41, 5.74) is 4.81. The lowest BCUT2D eigenvalue weighted by molar-refractivity contribution is -0.389. The minimum atomic E-state index is -0.747. The van der Waals surface area contributed by atoms with Crippen LogP contribution in [0.5, 0.6) is 0 Å². The first-order chi connectivity index (χ1) is 5.11. The van der Waals surface area contributed by atoms with Crippen molar-refractivity contribution in [3.63, 3.8) is 0 Å². The average Bonchev–Trinajstić information content (AvgIpc) is 2.33. The number of primary amides is 1. The predicted molar refractivity (Wildman–Crippen MR) is 37.3 cm³/mol. The lowest BCUT2D eigenvalue weighted by atomic mass is 10.7. The van der Waals surface area contributed by atoms with Gasteiger partial charge in [0.2, 0.25) is 0 Å². The number of nitro groups is 1. The highest BCUT2D eigenvalue weighted by Crippen LogP contribution is 2.14. The smallest absolute Gasteiger partial charge is 0.362 e. The molecule has 2 N–H and O–H groups in total. The van der Waals surface area contributed by atoms with Gasteiger partial charge in [-0.1, -0.05) is 11.3 Å². The maximum atomic E-state index is 10.4. The molecule has 0 aliphatic rings. The van der Waals surface area contributed by atoms with E-state index in [2.05, 4.69) is 4.98 Å². The summed E-state index contributed by atoms with van der Waals surface area (Å²) in [6, 6.07) is 0. The summed E-state index contributed by atoms with van der Waals surface area (Å²) in [6.07, 6.45) is 0. The number of thiazole rings is 1. The first-order valence-corrected chi connectivity index (χ1v) is 3.39. The fourth-order valence-electron chi connectivity index (χ4n) is 0.462. The van der Waals surface area contributed by atoms with E-state index in [4.69, 9.17) is 5.73 Å². The Bertz CT molecular complexity index is 279. The van der Waals surface area contributed by atoms with Gasteiger partial charge in [-0.3, -0.25) is 4.79 Å². The zero-order valence-corrected chi connectivity index (χ0v) is 6.00. The number of nitrogens with zero attached hydrogens (tertiary/aromatic N) is 2. The topological polar surface area (TPSA) is 99.1 Å². The van der Waals surface area contributed by atoms with Crippen molar-refractivity contribution in [1.29, 1.82) is 0 Å². The van der Waals surface area contributed by atoms with Crippen LogP contribution in [0.3, 0.4) is 0 Å². The zero-order chi connectivity index (χ0) is 8.43. The second kappa shape index (κ2) is 2.62. The Morgan fingerprint density at radius 3 is 2.73 bits per heavy atom. The highest BCUT2D eigenvalue weighted by molar-refractivity contribution is 7.12. The van der Waals surface area contributed by atoms with Crippen LogP contribution >= 0.6 is 11.3 Å². The third-order valence-corrected chi connectivity index (χ3v) is 1.73. The molecule has 1 heterocycles. The molecule has 0 saturated carbocycles. The van der Waals surface area contributed by atoms with E-state index in [1.165, 1.54) is 5.38 Å². The van der Waals surface area contributed by atoms with E-state index in [1.54, 1.807) is 0 Å². The Hall–Kier alpha value is -1.50. The summed E-state index contributed by atoms with van der Waals surface area (Å²) in [5.74, 6) is -1.09. The molecule has 6 nitrogen and oxygen atoms in total. The van der Waals surface area contributed by atoms with E-state index in [0.717, 1.165) is 11.3 Å². The third kappa shape index (κ3) is 1.49. The van der Waals surface area contributed by atoms with Crippen LogP contribution < -0.4 is 5.73 Å². The van der Waals surface area contributed by atoms with Crippen LogP contribution in [0.2, 0.25) is 0 Å². The molecule has 11 heavy (non-hydrogen) atoms. The SMILES string of the molecule is NC(=O)c1nc([N+](=O)[O-])cs1. The molecule has 0 atom stereocenters. The van der Waals surface area contributed by atoms with E-state index in [9.17, 15) is 14.9 Å². The summed E-state index contributed by atoms with van der Waals surface area (Å²) in [5, 5.41) is 11.2. The molecule has 0 bridgehead atoms. The molecule has 7 heteroatoms. The summed E-state index contributed by atoms with van der Waals surface area (Å²) >= 11 is 0.859. The maximum absolute atomic E-state index is 10.4. The quantitative estimate of drug-likeness (QED) is 0.508. The lowest BCUT2D eigenvalue weighted by Crippen LogP contribution is -2.10. The number of aromatic nitrogens is 1. The van der Waals surface area contributed by atoms with Crippen LogP contribution in [0.15, 0.2) is 5.38 Å². The minimum Gasteiger partial charge on any atom is -0.362 e. The van der Waals surface area contributed by atoms with E-state index >= 15 is 0 Å². The number of nitrogens with two attached hydrogens (primary N) is 1. The van der Waals surface area contributed by atoms with E-state index in [1.807, 2.05) is 0 Å². The molecule has 0 fully saturated rings. The highest BCUT2D eigenvalue weighted by atomic mass is 32.1. The largest absolute Gasteiger partial charge is 0.375 e. The molecular weight excluding hydrogens is 170 g/mol. The van der Waals surface area contributed by atoms with Crippen LogP contribution in [0.4, 0.5) is 5.82 Å². The molecule has 58 valence electrons. The van der Waals surface area contributed by atoms with Crippen LogP contribution in [0.1, 0.15) is 9.80 Å². The van der Waals surface area contributed by atoms with Gasteiger partial charge >= 0.3 is 11.7 Å². The standard InChI is InChI=1S/C4H3N3O3S/c5-3(8)4-6-2(1-11-4)7(9)10/h1H,(H2,5,8). The normalized spacial score (nSPS) is 9.45. The summed E-state index contributed by atoms with van der Waals surface area (Å²) < 4.78 is 0. The van der Waals surface area contributed by atoms with E-state index < -0.39 is 10.8 Å². The number of rotatable bonds is 2. The van der Waals surface area contributed by atoms with Crippen LogP contribution in [-0.4, -0.2) is 15.8 Å². The predicted octanol–water partition coefficient (Wildman–Crippen LogP) is 0.150. The molecule has 1 aromatic rings. The fraction of sp³-hybridized carbons (Fsp3) is 0. The van der Waals surface area contributed by atoms with Crippen molar-refractivity contribution >= 4 is 23.1 Å². The first kappa shape index (κ1) is 7.61. The van der Waals surface area contributed by atoms with Gasteiger partial charge in [0.05, 0.1) is 5.38 Å².